The molecule has 26 heavy (non-hydrogen) atoms. The van der Waals surface area contributed by atoms with Crippen LogP contribution in [0, 0.1) is 5.82 Å². The van der Waals surface area contributed by atoms with Crippen LogP contribution in [0.3, 0.4) is 0 Å². The van der Waals surface area contributed by atoms with Gasteiger partial charge in [-0.3, -0.25) is 0 Å². The molecule has 0 aliphatic carbocycles. The zero-order valence-electron chi connectivity index (χ0n) is 15.3. The van der Waals surface area contributed by atoms with Crippen molar-refractivity contribution in [2.75, 3.05) is 25.6 Å². The zero-order chi connectivity index (χ0) is 19.1. The molecule has 0 bridgehead atoms. The predicted octanol–water partition coefficient (Wildman–Crippen LogP) is 3.82. The fourth-order valence-electron chi connectivity index (χ4n) is 2.57. The predicted molar refractivity (Wildman–Crippen MR) is 102 cm³/mol. The third kappa shape index (κ3) is 5.25. The number of hydrogen-bond donors (Lipinski definition) is 0. The number of hydrogen-bond acceptors (Lipinski definition) is 4. The average molecular weight is 419 g/mol. The number of nitrogens with zero attached hydrogens (tertiary/aromatic N) is 1. The maximum atomic E-state index is 14.4. The summed E-state index contributed by atoms with van der Waals surface area (Å²) in [6.45, 7) is 2.95. The summed E-state index contributed by atoms with van der Waals surface area (Å²) in [6, 6.07) is 9.85. The van der Waals surface area contributed by atoms with Gasteiger partial charge in [-0.2, -0.15) is 0 Å². The Labute approximate surface area is 162 Å². The Morgan fingerprint density at radius 2 is 1.85 bits per heavy atom. The van der Waals surface area contributed by atoms with Gasteiger partial charge in [0, 0.05) is 0 Å². The van der Waals surface area contributed by atoms with Gasteiger partial charge in [0.1, 0.15) is 0 Å². The van der Waals surface area contributed by atoms with Crippen molar-refractivity contribution in [3.63, 3.8) is 0 Å². The van der Waals surface area contributed by atoms with E-state index in [-0.39, 0.29) is 5.82 Å². The molecule has 0 saturated heterocycles. The van der Waals surface area contributed by atoms with Crippen molar-refractivity contribution in [2.45, 2.75) is 26.2 Å². The number of carbonyl (C=O) groups excluding carboxylic acids is 1. The summed E-state index contributed by atoms with van der Waals surface area (Å²) in [4.78, 5) is 13.7. The van der Waals surface area contributed by atoms with Gasteiger partial charge >= 0.3 is 143 Å². The van der Waals surface area contributed by atoms with E-state index in [1.807, 2.05) is 11.9 Å². The van der Waals surface area contributed by atoms with Gasteiger partial charge in [0.2, 0.25) is 0 Å². The Bertz CT molecular complexity index is 767. The molecule has 2 radical (unpaired) electrons. The molecule has 2 aromatic carbocycles. The zero-order valence-corrected chi connectivity index (χ0v) is 17.2. The van der Waals surface area contributed by atoms with Gasteiger partial charge in [0.05, 0.1) is 0 Å². The number of methoxy groups -OCH3 is 1. The second-order valence-electron chi connectivity index (χ2n) is 6.01. The first-order valence-corrected chi connectivity index (χ1v) is 9.50. The van der Waals surface area contributed by atoms with Crippen LogP contribution in [-0.2, 0) is 4.74 Å². The van der Waals surface area contributed by atoms with Crippen LogP contribution in [0.1, 0.15) is 36.5 Å². The molecule has 0 heterocycles. The number of unbranched alkanes of at least 4 members (excludes halogenated alkanes) is 2. The van der Waals surface area contributed by atoms with Gasteiger partial charge in [-0.15, -0.1) is 0 Å². The van der Waals surface area contributed by atoms with Gasteiger partial charge in [0.15, 0.2) is 0 Å². The van der Waals surface area contributed by atoms with E-state index in [0.29, 0.717) is 22.7 Å². The second-order valence-corrected chi connectivity index (χ2v) is 7.03. The third-order valence-electron chi connectivity index (χ3n) is 4.04. The van der Waals surface area contributed by atoms with E-state index in [2.05, 4.69) is 23.8 Å². The summed E-state index contributed by atoms with van der Waals surface area (Å²) in [6.07, 6.45) is 3.29. The molecular formula is C20H23AsFNO3. The molecule has 0 amide bonds. The first kappa shape index (κ1) is 20.3. The van der Waals surface area contributed by atoms with Crippen LogP contribution in [0.2, 0.25) is 0 Å². The number of benzene rings is 2. The van der Waals surface area contributed by atoms with E-state index in [0.717, 1.165) is 30.2 Å². The average Bonchev–Trinajstić information content (AvgIpc) is 2.63. The van der Waals surface area contributed by atoms with E-state index in [9.17, 15) is 9.18 Å². The number of halogens is 1. The molecule has 138 valence electrons. The molecular weight excluding hydrogens is 396 g/mol. The molecule has 0 fully saturated rings. The molecule has 0 aliphatic heterocycles. The van der Waals surface area contributed by atoms with Crippen LogP contribution in [0.15, 0.2) is 36.4 Å². The van der Waals surface area contributed by atoms with Crippen LogP contribution in [-0.4, -0.2) is 43.5 Å². The second kappa shape index (κ2) is 9.63. The molecule has 0 aromatic heterocycles. The van der Waals surface area contributed by atoms with E-state index in [1.165, 1.54) is 13.2 Å². The SMILES string of the molecule is CCCCCN(C)c1ccc(Oc2ccc([As])c(C(=O)OC)c2)cc1F. The first-order chi connectivity index (χ1) is 12.5. The maximum absolute atomic E-state index is 14.4. The fraction of sp³-hybridized carbons (Fsp3) is 0.350. The standard InChI is InChI=1S/C20H23AsFNO3/c1-4-5-6-11-23(2)19-10-8-15(13-18(19)22)26-14-7-9-17(21)16(12-14)20(24)25-3/h7-10,12-13H,4-6,11H2,1-3H3. The molecule has 0 N–H and O–H groups in total. The molecule has 6 heteroatoms. The van der Waals surface area contributed by atoms with E-state index < -0.39 is 5.97 Å². The Hall–Kier alpha value is -2.00. The van der Waals surface area contributed by atoms with Gasteiger partial charge < -0.3 is 0 Å². The summed E-state index contributed by atoms with van der Waals surface area (Å²) in [5, 5.41) is 0. The van der Waals surface area contributed by atoms with E-state index >= 15 is 0 Å². The van der Waals surface area contributed by atoms with Crippen molar-refractivity contribution in [1.82, 2.24) is 0 Å². The molecule has 2 aromatic rings. The molecule has 0 unspecified atom stereocenters. The van der Waals surface area contributed by atoms with Crippen molar-refractivity contribution in [2.24, 2.45) is 0 Å². The van der Waals surface area contributed by atoms with Gasteiger partial charge in [0.25, 0.3) is 0 Å². The number of rotatable bonds is 8. The normalized spacial score (nSPS) is 10.5. The first-order valence-electron chi connectivity index (χ1n) is 8.56. The number of ether oxygens (including phenoxy) is 2. The van der Waals surface area contributed by atoms with Gasteiger partial charge in [-0.25, -0.2) is 0 Å². The monoisotopic (exact) mass is 419 g/mol. The minimum atomic E-state index is -0.443. The summed E-state index contributed by atoms with van der Waals surface area (Å²) in [7, 11) is 3.21. The van der Waals surface area contributed by atoms with Crippen LogP contribution in [0.4, 0.5) is 10.1 Å². The Kier molecular flexibility index (Phi) is 7.52. The van der Waals surface area contributed by atoms with Crippen LogP contribution in [0.5, 0.6) is 11.5 Å². The van der Waals surface area contributed by atoms with Crippen molar-refractivity contribution >= 4 is 32.9 Å². The molecule has 0 saturated carbocycles. The molecule has 2 rings (SSSR count). The van der Waals surface area contributed by atoms with Crippen molar-refractivity contribution in [1.29, 1.82) is 0 Å². The van der Waals surface area contributed by atoms with Crippen LogP contribution in [0.25, 0.3) is 0 Å². The van der Waals surface area contributed by atoms with Crippen molar-refractivity contribution in [3.8, 4) is 11.5 Å². The molecule has 0 atom stereocenters. The number of carbonyl (C=O) groups is 1. The molecule has 4 nitrogen and oxygen atoms in total. The Morgan fingerprint density at radius 3 is 2.50 bits per heavy atom. The van der Waals surface area contributed by atoms with Gasteiger partial charge in [-0.05, 0) is 0 Å². The molecule has 0 spiro atoms. The number of esters is 1. The van der Waals surface area contributed by atoms with E-state index in [1.54, 1.807) is 30.3 Å². The topological polar surface area (TPSA) is 38.8 Å². The summed E-state index contributed by atoms with van der Waals surface area (Å²) in [5.74, 6) is 0.0470. The fourth-order valence-corrected chi connectivity index (χ4v) is 3.05. The van der Waals surface area contributed by atoms with Crippen molar-refractivity contribution < 1.29 is 18.7 Å². The summed E-state index contributed by atoms with van der Waals surface area (Å²) >= 11 is 2.31. The Balaban J connectivity index is 2.13. The van der Waals surface area contributed by atoms with Crippen molar-refractivity contribution in [3.05, 3.63) is 47.8 Å². The quantitative estimate of drug-likeness (QED) is 0.371. The van der Waals surface area contributed by atoms with Crippen LogP contribution < -0.4 is 14.0 Å². The number of anilines is 1. The van der Waals surface area contributed by atoms with Crippen LogP contribution >= 0.6 is 0 Å². The van der Waals surface area contributed by atoms with E-state index in [4.69, 9.17) is 9.47 Å². The minimum absolute atomic E-state index is 0.335. The summed E-state index contributed by atoms with van der Waals surface area (Å²) in [5.41, 5.74) is 0.947. The van der Waals surface area contributed by atoms with Gasteiger partial charge in [-0.1, -0.05) is 19.8 Å². The molecule has 0 aliphatic rings. The summed E-state index contributed by atoms with van der Waals surface area (Å²) < 4.78 is 25.6. The Morgan fingerprint density at radius 1 is 1.15 bits per heavy atom. The third-order valence-corrected chi connectivity index (χ3v) is 4.85.